The third-order valence-corrected chi connectivity index (χ3v) is 3.25. The number of nitrogens with one attached hydrogen (secondary N) is 1. The van der Waals surface area contributed by atoms with Gasteiger partial charge in [-0.05, 0) is 19.1 Å². The highest BCUT2D eigenvalue weighted by Crippen LogP contribution is 2.26. The number of allylic oxidation sites excluding steroid dienone is 1. The average molecular weight is 259 g/mol. The summed E-state index contributed by atoms with van der Waals surface area (Å²) in [6.45, 7) is 1.76. The number of nitrogens with zero attached hydrogens (tertiary/aromatic N) is 2. The number of thiazole rings is 1. The third-order valence-electron chi connectivity index (χ3n) is 2.06. The number of benzene rings is 1. The van der Waals surface area contributed by atoms with Crippen molar-refractivity contribution >= 4 is 44.3 Å². The Morgan fingerprint density at radius 2 is 2.29 bits per heavy atom. The molecule has 3 nitrogen and oxygen atoms in total. The molecule has 0 bridgehead atoms. The first-order valence-corrected chi connectivity index (χ1v) is 6.16. The van der Waals surface area contributed by atoms with Crippen LogP contribution in [-0.4, -0.2) is 9.97 Å². The van der Waals surface area contributed by atoms with Gasteiger partial charge in [-0.1, -0.05) is 24.4 Å². The van der Waals surface area contributed by atoms with Gasteiger partial charge >= 0.3 is 0 Å². The number of rotatable bonds is 2. The quantitative estimate of drug-likeness (QED) is 0.665. The molecule has 0 atom stereocenters. The lowest BCUT2D eigenvalue weighted by Crippen LogP contribution is -2.10. The normalized spacial score (nSPS) is 11.2. The van der Waals surface area contributed by atoms with Gasteiger partial charge < -0.3 is 5.32 Å². The highest BCUT2D eigenvalue weighted by Gasteiger charge is 2.07. The zero-order valence-corrected chi connectivity index (χ0v) is 10.7. The zero-order valence-electron chi connectivity index (χ0n) is 9.10. The first-order valence-electron chi connectivity index (χ1n) is 4.94. The van der Waals surface area contributed by atoms with Crippen molar-refractivity contribution in [3.8, 4) is 6.07 Å². The van der Waals surface area contributed by atoms with Crippen molar-refractivity contribution in [1.82, 2.24) is 10.3 Å². The summed E-state index contributed by atoms with van der Waals surface area (Å²) in [5.74, 6) is 0. The Kier molecular flexibility index (Phi) is 3.47. The van der Waals surface area contributed by atoms with Gasteiger partial charge in [-0.15, -0.1) is 11.3 Å². The molecule has 0 aliphatic rings. The van der Waals surface area contributed by atoms with Crippen LogP contribution in [0.3, 0.4) is 0 Å². The topological polar surface area (TPSA) is 48.7 Å². The highest BCUT2D eigenvalue weighted by molar-refractivity contribution is 7.80. The zero-order chi connectivity index (χ0) is 12.3. The standard InChI is InChI=1S/C12H9N3S2/c1-8(16)14-7-9(6-13)12-15-10-4-2-3-5-11(10)17-12/h2-5,7H,1H3,(H,14,16)/b9-7+. The monoisotopic (exact) mass is 259 g/mol. The molecular weight excluding hydrogens is 250 g/mol. The summed E-state index contributed by atoms with van der Waals surface area (Å²) >= 11 is 6.39. The Morgan fingerprint density at radius 1 is 1.53 bits per heavy atom. The third kappa shape index (κ3) is 2.67. The van der Waals surface area contributed by atoms with Crippen LogP contribution in [-0.2, 0) is 0 Å². The summed E-state index contributed by atoms with van der Waals surface area (Å²) in [6, 6.07) is 9.93. The van der Waals surface area contributed by atoms with Gasteiger partial charge in [-0.2, -0.15) is 5.26 Å². The van der Waals surface area contributed by atoms with E-state index in [9.17, 15) is 0 Å². The predicted octanol–water partition coefficient (Wildman–Crippen LogP) is 3.10. The van der Waals surface area contributed by atoms with Crippen molar-refractivity contribution in [2.45, 2.75) is 6.92 Å². The fraction of sp³-hybridized carbons (Fsp3) is 0.0833. The average Bonchev–Trinajstić information content (AvgIpc) is 2.72. The lowest BCUT2D eigenvalue weighted by atomic mass is 10.3. The number of hydrogen-bond donors (Lipinski definition) is 1. The first kappa shape index (κ1) is 11.7. The number of nitriles is 1. The molecule has 5 heteroatoms. The Labute approximate surface area is 108 Å². The summed E-state index contributed by atoms with van der Waals surface area (Å²) in [5.41, 5.74) is 1.41. The van der Waals surface area contributed by atoms with E-state index in [0.717, 1.165) is 10.2 Å². The molecule has 0 amide bonds. The van der Waals surface area contributed by atoms with Gasteiger partial charge in [-0.3, -0.25) is 0 Å². The molecular formula is C12H9N3S2. The van der Waals surface area contributed by atoms with Crippen LogP contribution in [0.2, 0.25) is 0 Å². The van der Waals surface area contributed by atoms with Gasteiger partial charge in [0, 0.05) is 6.20 Å². The fourth-order valence-electron chi connectivity index (χ4n) is 1.30. The minimum atomic E-state index is 0.496. The van der Waals surface area contributed by atoms with Crippen molar-refractivity contribution in [3.05, 3.63) is 35.5 Å². The van der Waals surface area contributed by atoms with Crippen LogP contribution < -0.4 is 5.32 Å². The second-order valence-corrected chi connectivity index (χ2v) is 5.00. The Morgan fingerprint density at radius 3 is 2.94 bits per heavy atom. The smallest absolute Gasteiger partial charge is 0.136 e. The van der Waals surface area contributed by atoms with E-state index in [1.165, 1.54) is 11.3 Å². The summed E-state index contributed by atoms with van der Waals surface area (Å²) in [4.78, 5) is 5.03. The second-order valence-electron chi connectivity index (χ2n) is 3.36. The van der Waals surface area contributed by atoms with Crippen molar-refractivity contribution in [3.63, 3.8) is 0 Å². The number of fused-ring (bicyclic) bond motifs is 1. The van der Waals surface area contributed by atoms with Crippen LogP contribution in [0.4, 0.5) is 0 Å². The van der Waals surface area contributed by atoms with Gasteiger partial charge in [-0.25, -0.2) is 4.98 Å². The molecule has 2 rings (SSSR count). The molecule has 0 spiro atoms. The summed E-state index contributed by atoms with van der Waals surface area (Å²) in [6.07, 6.45) is 1.60. The summed E-state index contributed by atoms with van der Waals surface area (Å²) in [5, 5.41) is 12.6. The number of thiocarbonyl (C=S) groups is 1. The van der Waals surface area contributed by atoms with E-state index in [1.54, 1.807) is 13.1 Å². The van der Waals surface area contributed by atoms with Crippen LogP contribution in [0.15, 0.2) is 30.5 Å². The Hall–Kier alpha value is -1.77. The maximum absolute atomic E-state index is 9.08. The van der Waals surface area contributed by atoms with Gasteiger partial charge in [0.15, 0.2) is 0 Å². The molecule has 1 aromatic heterocycles. The predicted molar refractivity (Wildman–Crippen MR) is 74.6 cm³/mol. The minimum absolute atomic E-state index is 0.496. The molecule has 2 aromatic rings. The highest BCUT2D eigenvalue weighted by atomic mass is 32.1. The van der Waals surface area contributed by atoms with Crippen LogP contribution in [0.1, 0.15) is 11.9 Å². The Bertz CT molecular complexity index is 601. The molecule has 1 aromatic carbocycles. The van der Waals surface area contributed by atoms with Crippen molar-refractivity contribution in [2.75, 3.05) is 0 Å². The maximum Gasteiger partial charge on any atom is 0.136 e. The van der Waals surface area contributed by atoms with E-state index >= 15 is 0 Å². The molecule has 0 aliphatic carbocycles. The minimum Gasteiger partial charge on any atom is -0.355 e. The summed E-state index contributed by atoms with van der Waals surface area (Å²) < 4.78 is 1.07. The van der Waals surface area contributed by atoms with Crippen molar-refractivity contribution in [1.29, 1.82) is 5.26 Å². The molecule has 0 fully saturated rings. The van der Waals surface area contributed by atoms with Crippen LogP contribution in [0.25, 0.3) is 15.8 Å². The van der Waals surface area contributed by atoms with Crippen LogP contribution in [0, 0.1) is 11.3 Å². The number of hydrogen-bond acceptors (Lipinski definition) is 4. The van der Waals surface area contributed by atoms with Gasteiger partial charge in [0.2, 0.25) is 0 Å². The van der Waals surface area contributed by atoms with E-state index in [2.05, 4.69) is 16.4 Å². The number of aromatic nitrogens is 1. The van der Waals surface area contributed by atoms with Crippen LogP contribution in [0.5, 0.6) is 0 Å². The Balaban J connectivity index is 2.41. The molecule has 1 heterocycles. The summed E-state index contributed by atoms with van der Waals surface area (Å²) in [7, 11) is 0. The largest absolute Gasteiger partial charge is 0.355 e. The van der Waals surface area contributed by atoms with Gasteiger partial charge in [0.1, 0.15) is 16.6 Å². The van der Waals surface area contributed by atoms with Crippen molar-refractivity contribution < 1.29 is 0 Å². The molecule has 0 radical (unpaired) electrons. The van der Waals surface area contributed by atoms with Gasteiger partial charge in [0.05, 0.1) is 15.2 Å². The van der Waals surface area contributed by atoms with Gasteiger partial charge in [0.25, 0.3) is 0 Å². The molecule has 0 saturated carbocycles. The van der Waals surface area contributed by atoms with E-state index in [4.69, 9.17) is 17.5 Å². The lowest BCUT2D eigenvalue weighted by Gasteiger charge is -1.95. The SMILES string of the molecule is CC(=S)N/C=C(\C#N)c1nc2ccccc2s1. The van der Waals surface area contributed by atoms with E-state index in [-0.39, 0.29) is 0 Å². The molecule has 0 saturated heterocycles. The van der Waals surface area contributed by atoms with E-state index in [1.807, 2.05) is 24.3 Å². The van der Waals surface area contributed by atoms with E-state index < -0.39 is 0 Å². The van der Waals surface area contributed by atoms with Crippen LogP contribution >= 0.6 is 23.6 Å². The molecule has 17 heavy (non-hydrogen) atoms. The fourth-order valence-corrected chi connectivity index (χ4v) is 2.29. The maximum atomic E-state index is 9.08. The first-order chi connectivity index (χ1) is 8.20. The number of para-hydroxylation sites is 1. The molecule has 0 unspecified atom stereocenters. The lowest BCUT2D eigenvalue weighted by molar-refractivity contribution is 1.29. The molecule has 84 valence electrons. The second kappa shape index (κ2) is 5.04. The van der Waals surface area contributed by atoms with Crippen molar-refractivity contribution in [2.24, 2.45) is 0 Å². The molecule has 1 N–H and O–H groups in total. The molecule has 0 aliphatic heterocycles. The van der Waals surface area contributed by atoms with E-state index in [0.29, 0.717) is 15.6 Å².